The number of aromatic nitrogens is 4. The zero-order chi connectivity index (χ0) is 28.2. The van der Waals surface area contributed by atoms with E-state index in [1.807, 2.05) is 19.1 Å². The summed E-state index contributed by atoms with van der Waals surface area (Å²) in [7, 11) is 0. The molecule has 0 amide bonds. The van der Waals surface area contributed by atoms with Gasteiger partial charge >= 0.3 is 5.69 Å². The van der Waals surface area contributed by atoms with Crippen LogP contribution in [0.4, 0.5) is 4.39 Å². The maximum atomic E-state index is 15.0. The number of nitrogens with one attached hydrogen (secondary N) is 3. The molecule has 40 heavy (non-hydrogen) atoms. The second-order valence-electron chi connectivity index (χ2n) is 9.82. The molecule has 3 aromatic heterocycles. The van der Waals surface area contributed by atoms with Gasteiger partial charge in [-0.05, 0) is 91.9 Å². The van der Waals surface area contributed by atoms with Gasteiger partial charge in [0.1, 0.15) is 11.5 Å². The predicted octanol–water partition coefficient (Wildman–Crippen LogP) is 5.35. The van der Waals surface area contributed by atoms with Crippen LogP contribution in [-0.2, 0) is 13.0 Å². The lowest BCUT2D eigenvalue weighted by atomic mass is 10.0. The van der Waals surface area contributed by atoms with E-state index in [1.165, 1.54) is 4.57 Å². The number of fused-ring (bicyclic) bond motifs is 1. The lowest BCUT2D eigenvalue weighted by Crippen LogP contribution is -2.23. The van der Waals surface area contributed by atoms with E-state index in [0.717, 1.165) is 30.4 Å². The van der Waals surface area contributed by atoms with Crippen LogP contribution in [0.25, 0.3) is 28.0 Å². The summed E-state index contributed by atoms with van der Waals surface area (Å²) in [6.45, 7) is 2.46. The third kappa shape index (κ3) is 6.11. The fourth-order valence-electron chi connectivity index (χ4n) is 4.52. The van der Waals surface area contributed by atoms with Gasteiger partial charge in [-0.3, -0.25) is 15.0 Å². The van der Waals surface area contributed by atoms with E-state index in [9.17, 15) is 4.79 Å². The fourth-order valence-corrected chi connectivity index (χ4v) is 4.76. The number of halogens is 2. The van der Waals surface area contributed by atoms with Gasteiger partial charge in [0.15, 0.2) is 5.82 Å². The summed E-state index contributed by atoms with van der Waals surface area (Å²) in [5, 5.41) is 12.1. The highest BCUT2D eigenvalue weighted by Gasteiger charge is 2.16. The van der Waals surface area contributed by atoms with Gasteiger partial charge in [0, 0.05) is 47.7 Å². The van der Waals surface area contributed by atoms with E-state index < -0.39 is 11.5 Å². The first-order valence-corrected chi connectivity index (χ1v) is 13.3. The first kappa shape index (κ1) is 27.2. The number of H-pyrrole nitrogens is 1. The van der Waals surface area contributed by atoms with Crippen molar-refractivity contribution in [3.8, 4) is 16.9 Å². The quantitative estimate of drug-likeness (QED) is 0.143. The first-order chi connectivity index (χ1) is 19.3. The Labute approximate surface area is 235 Å². The van der Waals surface area contributed by atoms with E-state index >= 15 is 4.39 Å². The Balaban J connectivity index is 1.38. The fraction of sp³-hybridized carbons (Fsp3) is 0.200. The van der Waals surface area contributed by atoms with Gasteiger partial charge in [0.05, 0.1) is 16.4 Å². The molecule has 0 aliphatic carbocycles. The normalized spacial score (nSPS) is 12.0. The molecule has 204 valence electrons. The molecule has 0 aliphatic heterocycles. The van der Waals surface area contributed by atoms with E-state index in [2.05, 4.69) is 20.3 Å². The van der Waals surface area contributed by atoms with Crippen LogP contribution in [0.15, 0.2) is 78.0 Å². The molecule has 0 bridgehead atoms. The molecule has 8 nitrogen and oxygen atoms in total. The van der Waals surface area contributed by atoms with Crippen molar-refractivity contribution < 1.29 is 4.39 Å². The molecule has 0 saturated carbocycles. The van der Waals surface area contributed by atoms with Gasteiger partial charge in [-0.15, -0.1) is 0 Å². The van der Waals surface area contributed by atoms with Gasteiger partial charge in [0.2, 0.25) is 0 Å². The molecule has 0 fully saturated rings. The third-order valence-electron chi connectivity index (χ3n) is 6.66. The molecule has 5 aromatic rings. The monoisotopic (exact) mass is 557 g/mol. The number of amidine groups is 1. The highest BCUT2D eigenvalue weighted by atomic mass is 35.5. The Hall–Kier alpha value is -4.34. The summed E-state index contributed by atoms with van der Waals surface area (Å²) in [5.74, 6) is -0.269. The van der Waals surface area contributed by atoms with Gasteiger partial charge in [-0.1, -0.05) is 11.6 Å². The van der Waals surface area contributed by atoms with Crippen molar-refractivity contribution in [3.63, 3.8) is 0 Å². The Kier molecular flexibility index (Phi) is 8.04. The summed E-state index contributed by atoms with van der Waals surface area (Å²) in [4.78, 5) is 24.1. The van der Waals surface area contributed by atoms with Crippen molar-refractivity contribution in [2.24, 2.45) is 5.73 Å². The second kappa shape index (κ2) is 11.8. The molecular formula is C30H29ClFN7O. The van der Waals surface area contributed by atoms with Crippen LogP contribution in [0.1, 0.15) is 36.5 Å². The van der Waals surface area contributed by atoms with Crippen LogP contribution in [-0.4, -0.2) is 31.4 Å². The molecule has 5 rings (SSSR count). The molecule has 0 radical (unpaired) electrons. The van der Waals surface area contributed by atoms with Crippen LogP contribution < -0.4 is 16.7 Å². The molecule has 2 aromatic carbocycles. The van der Waals surface area contributed by atoms with Crippen molar-refractivity contribution >= 4 is 28.5 Å². The summed E-state index contributed by atoms with van der Waals surface area (Å²) in [6, 6.07) is 16.1. The smallest absolute Gasteiger partial charge is 0.354 e. The highest BCUT2D eigenvalue weighted by molar-refractivity contribution is 6.31. The van der Waals surface area contributed by atoms with E-state index in [4.69, 9.17) is 22.7 Å². The first-order valence-electron chi connectivity index (χ1n) is 13.0. The van der Waals surface area contributed by atoms with Gasteiger partial charge in [-0.25, -0.2) is 9.18 Å². The van der Waals surface area contributed by atoms with E-state index in [1.54, 1.807) is 61.1 Å². The van der Waals surface area contributed by atoms with E-state index in [-0.39, 0.29) is 16.9 Å². The lowest BCUT2D eigenvalue weighted by Gasteiger charge is -2.10. The zero-order valence-corrected chi connectivity index (χ0v) is 22.7. The zero-order valence-electron chi connectivity index (χ0n) is 21.9. The van der Waals surface area contributed by atoms with Gasteiger partial charge in [-0.2, -0.15) is 4.98 Å². The number of nitrogens with zero attached hydrogens (tertiary/aromatic N) is 3. The van der Waals surface area contributed by atoms with Crippen molar-refractivity contribution in [1.29, 1.82) is 5.41 Å². The Morgan fingerprint density at radius 1 is 1.15 bits per heavy atom. The average molecular weight is 558 g/mol. The maximum absolute atomic E-state index is 15.0. The van der Waals surface area contributed by atoms with E-state index in [0.29, 0.717) is 40.1 Å². The van der Waals surface area contributed by atoms with Gasteiger partial charge in [0.25, 0.3) is 0 Å². The Bertz CT molecular complexity index is 1710. The predicted molar refractivity (Wildman–Crippen MR) is 157 cm³/mol. The number of nitrogens with two attached hydrogens (primary N) is 1. The maximum Gasteiger partial charge on any atom is 0.354 e. The molecule has 0 aliphatic rings. The van der Waals surface area contributed by atoms with Crippen molar-refractivity contribution in [2.75, 3.05) is 0 Å². The number of aryl methyl sites for hydroxylation is 1. The summed E-state index contributed by atoms with van der Waals surface area (Å²) < 4.78 is 16.5. The van der Waals surface area contributed by atoms with Crippen LogP contribution in [0, 0.1) is 11.2 Å². The second-order valence-corrected chi connectivity index (χ2v) is 10.2. The van der Waals surface area contributed by atoms with Crippen LogP contribution >= 0.6 is 11.6 Å². The summed E-state index contributed by atoms with van der Waals surface area (Å²) in [5.41, 5.74) is 9.73. The molecule has 5 N–H and O–H groups in total. The van der Waals surface area contributed by atoms with Crippen LogP contribution in [0.5, 0.6) is 0 Å². The number of hydrogen-bond donors (Lipinski definition) is 4. The van der Waals surface area contributed by atoms with Crippen molar-refractivity contribution in [2.45, 2.75) is 38.8 Å². The topological polar surface area (TPSA) is 125 Å². The molecule has 10 heteroatoms. The molecule has 0 spiro atoms. The third-order valence-corrected chi connectivity index (χ3v) is 6.94. The average Bonchev–Trinajstić information content (AvgIpc) is 3.36. The number of rotatable bonds is 9. The molecule has 0 saturated heterocycles. The van der Waals surface area contributed by atoms with Crippen LogP contribution in [0.3, 0.4) is 0 Å². The Morgan fingerprint density at radius 3 is 2.62 bits per heavy atom. The standard InChI is InChI=1S/C30H29ClFN7O/c1-18(33)3-2-4-20-13-24(27(32)25(31)14-20)26-15-22-17-39(30(40)38-29(22)37-26)23-7-5-21(6-8-23)28(34)36-16-19-9-11-35-12-10-19/h5-15,17-18H,2-4,16,33H2,1H3,(H2,34,36)(H,37,38,40)/t18-/m0/s1. The SMILES string of the molecule is C[C@H](N)CCCc1cc(Cl)c(F)c(-c2cc3cn(-c4ccc(C(=N)NCc5ccncc5)cc4)c(=O)nc3[nH]2)c1. The Morgan fingerprint density at radius 2 is 1.90 bits per heavy atom. The number of benzene rings is 2. The minimum atomic E-state index is -0.532. The molecule has 1 atom stereocenters. The largest absolute Gasteiger partial charge is 0.366 e. The van der Waals surface area contributed by atoms with Crippen molar-refractivity contribution in [3.05, 3.63) is 111 Å². The van der Waals surface area contributed by atoms with Gasteiger partial charge < -0.3 is 16.0 Å². The highest BCUT2D eigenvalue weighted by Crippen LogP contribution is 2.31. The number of hydrogen-bond acceptors (Lipinski definition) is 5. The molecular weight excluding hydrogens is 529 g/mol. The molecule has 0 unspecified atom stereocenters. The number of pyridine rings is 1. The van der Waals surface area contributed by atoms with Crippen LogP contribution in [0.2, 0.25) is 5.02 Å². The molecule has 3 heterocycles. The minimum absolute atomic E-state index is 0.0421. The minimum Gasteiger partial charge on any atom is -0.366 e. The lowest BCUT2D eigenvalue weighted by molar-refractivity contribution is 0.618. The van der Waals surface area contributed by atoms with Crippen molar-refractivity contribution in [1.82, 2.24) is 24.8 Å². The summed E-state index contributed by atoms with van der Waals surface area (Å²) in [6.07, 6.45) is 7.53. The summed E-state index contributed by atoms with van der Waals surface area (Å²) >= 11 is 6.22. The number of aromatic amines is 1.